The molecule has 1 unspecified atom stereocenters. The van der Waals surface area contributed by atoms with E-state index in [0.717, 1.165) is 30.5 Å². The van der Waals surface area contributed by atoms with Crippen LogP contribution in [0.3, 0.4) is 0 Å². The molecule has 0 radical (unpaired) electrons. The van der Waals surface area contributed by atoms with Crippen LogP contribution < -0.4 is 0 Å². The second-order valence-corrected chi connectivity index (χ2v) is 8.53. The third kappa shape index (κ3) is 3.21. The van der Waals surface area contributed by atoms with Crippen LogP contribution in [0.5, 0.6) is 0 Å². The van der Waals surface area contributed by atoms with Crippen LogP contribution in [-0.2, 0) is 5.54 Å². The highest BCUT2D eigenvalue weighted by atomic mass is 15.2. The maximum Gasteiger partial charge on any atom is 0.0995 e. The molecule has 28 heavy (non-hydrogen) atoms. The Hall–Kier alpha value is -2.62. The van der Waals surface area contributed by atoms with E-state index < -0.39 is 0 Å². The second-order valence-electron chi connectivity index (χ2n) is 8.53. The molecule has 0 bridgehead atoms. The summed E-state index contributed by atoms with van der Waals surface area (Å²) in [5.74, 6) is 0.632. The number of nitrogens with zero attached hydrogens (tertiary/aromatic N) is 3. The fraction of sp³-hybridized carbons (Fsp3) is 0.440. The molecule has 1 saturated heterocycles. The van der Waals surface area contributed by atoms with E-state index in [1.165, 1.54) is 11.1 Å². The Kier molecular flexibility index (Phi) is 5.59. The first kappa shape index (κ1) is 20.1. The minimum Gasteiger partial charge on any atom is -0.293 e. The Morgan fingerprint density at radius 3 is 1.86 bits per heavy atom. The fourth-order valence-electron chi connectivity index (χ4n) is 4.69. The van der Waals surface area contributed by atoms with Crippen molar-refractivity contribution in [2.45, 2.75) is 57.9 Å². The van der Waals surface area contributed by atoms with Gasteiger partial charge in [0.1, 0.15) is 0 Å². The van der Waals surface area contributed by atoms with Crippen molar-refractivity contribution in [1.29, 1.82) is 10.5 Å². The van der Waals surface area contributed by atoms with E-state index in [9.17, 15) is 10.5 Å². The first-order valence-electron chi connectivity index (χ1n) is 10.2. The predicted octanol–water partition coefficient (Wildman–Crippen LogP) is 5.65. The van der Waals surface area contributed by atoms with Crippen LogP contribution in [0.15, 0.2) is 36.4 Å². The van der Waals surface area contributed by atoms with Gasteiger partial charge in [0.15, 0.2) is 0 Å². The minimum absolute atomic E-state index is 0.140. The molecule has 0 aromatic heterocycles. The summed E-state index contributed by atoms with van der Waals surface area (Å²) < 4.78 is 0. The summed E-state index contributed by atoms with van der Waals surface area (Å²) >= 11 is 0. The predicted molar refractivity (Wildman–Crippen MR) is 113 cm³/mol. The zero-order chi connectivity index (χ0) is 20.5. The van der Waals surface area contributed by atoms with Gasteiger partial charge in [-0.3, -0.25) is 4.90 Å². The Morgan fingerprint density at radius 2 is 1.46 bits per heavy atom. The highest BCUT2D eigenvalue weighted by molar-refractivity contribution is 5.56. The van der Waals surface area contributed by atoms with Crippen LogP contribution in [0, 0.1) is 22.7 Å². The van der Waals surface area contributed by atoms with Crippen molar-refractivity contribution in [3.8, 4) is 12.1 Å². The van der Waals surface area contributed by atoms with Crippen LogP contribution in [-0.4, -0.2) is 18.5 Å². The Morgan fingerprint density at radius 1 is 0.893 bits per heavy atom. The number of hydrogen-bond acceptors (Lipinski definition) is 3. The topological polar surface area (TPSA) is 50.8 Å². The molecule has 0 amide bonds. The molecule has 1 aliphatic rings. The van der Waals surface area contributed by atoms with Gasteiger partial charge in [0.25, 0.3) is 0 Å². The number of hydrogen-bond donors (Lipinski definition) is 0. The SMILES string of the molecule is CC(C)c1ccc(C2(c3cc(C#N)c(C(C)C)c(C#N)c3)CCCN2C)cc1. The summed E-state index contributed by atoms with van der Waals surface area (Å²) in [5, 5.41) is 19.6. The number of rotatable bonds is 4. The maximum absolute atomic E-state index is 9.80. The molecule has 2 aromatic rings. The van der Waals surface area contributed by atoms with Crippen molar-refractivity contribution in [2.24, 2.45) is 0 Å². The fourth-order valence-corrected chi connectivity index (χ4v) is 4.69. The zero-order valence-electron chi connectivity index (χ0n) is 17.6. The number of benzene rings is 2. The van der Waals surface area contributed by atoms with E-state index in [1.54, 1.807) is 0 Å². The van der Waals surface area contributed by atoms with Gasteiger partial charge in [-0.05, 0) is 72.7 Å². The molecule has 3 heteroatoms. The van der Waals surface area contributed by atoms with Crippen LogP contribution in [0.2, 0.25) is 0 Å². The van der Waals surface area contributed by atoms with Crippen LogP contribution in [0.1, 0.15) is 85.8 Å². The van der Waals surface area contributed by atoms with E-state index in [-0.39, 0.29) is 11.5 Å². The Labute approximate surface area is 169 Å². The van der Waals surface area contributed by atoms with Crippen molar-refractivity contribution >= 4 is 0 Å². The Balaban J connectivity index is 2.24. The summed E-state index contributed by atoms with van der Waals surface area (Å²) in [5.41, 5.74) is 5.45. The normalized spacial score (nSPS) is 19.8. The van der Waals surface area contributed by atoms with Gasteiger partial charge in [-0.1, -0.05) is 52.0 Å². The molecule has 0 saturated carbocycles. The van der Waals surface area contributed by atoms with Gasteiger partial charge in [-0.2, -0.15) is 10.5 Å². The van der Waals surface area contributed by atoms with Crippen LogP contribution in [0.25, 0.3) is 0 Å². The maximum atomic E-state index is 9.80. The second kappa shape index (κ2) is 7.78. The molecular formula is C25H29N3. The molecular weight excluding hydrogens is 342 g/mol. The lowest BCUT2D eigenvalue weighted by Crippen LogP contribution is -2.39. The monoisotopic (exact) mass is 371 g/mol. The smallest absolute Gasteiger partial charge is 0.0995 e. The Bertz CT molecular complexity index is 906. The lowest BCUT2D eigenvalue weighted by Gasteiger charge is -2.38. The van der Waals surface area contributed by atoms with Gasteiger partial charge in [0.05, 0.1) is 28.8 Å². The summed E-state index contributed by atoms with van der Waals surface area (Å²) in [6.45, 7) is 9.49. The molecule has 3 rings (SSSR count). The average molecular weight is 372 g/mol. The molecule has 2 aromatic carbocycles. The van der Waals surface area contributed by atoms with E-state index in [1.807, 2.05) is 26.0 Å². The molecule has 0 spiro atoms. The van der Waals surface area contributed by atoms with Crippen molar-refractivity contribution in [1.82, 2.24) is 4.90 Å². The van der Waals surface area contributed by atoms with E-state index >= 15 is 0 Å². The largest absolute Gasteiger partial charge is 0.293 e. The molecule has 3 nitrogen and oxygen atoms in total. The molecule has 1 heterocycles. The lowest BCUT2D eigenvalue weighted by atomic mass is 9.77. The average Bonchev–Trinajstić information content (AvgIpc) is 3.08. The van der Waals surface area contributed by atoms with Crippen molar-refractivity contribution in [3.05, 3.63) is 69.8 Å². The number of likely N-dealkylation sites (tertiary alicyclic amines) is 1. The molecule has 0 aliphatic carbocycles. The van der Waals surface area contributed by atoms with Crippen molar-refractivity contribution < 1.29 is 0 Å². The van der Waals surface area contributed by atoms with Gasteiger partial charge >= 0.3 is 0 Å². The van der Waals surface area contributed by atoms with E-state index in [2.05, 4.69) is 62.2 Å². The first-order valence-corrected chi connectivity index (χ1v) is 10.2. The summed E-state index contributed by atoms with van der Waals surface area (Å²) in [6, 6.07) is 17.6. The zero-order valence-corrected chi connectivity index (χ0v) is 17.6. The van der Waals surface area contributed by atoms with Gasteiger partial charge in [-0.25, -0.2) is 0 Å². The van der Waals surface area contributed by atoms with Gasteiger partial charge < -0.3 is 0 Å². The van der Waals surface area contributed by atoms with Crippen LogP contribution >= 0.6 is 0 Å². The first-order chi connectivity index (χ1) is 13.3. The van der Waals surface area contributed by atoms with Gasteiger partial charge in [0, 0.05) is 0 Å². The van der Waals surface area contributed by atoms with Crippen molar-refractivity contribution in [2.75, 3.05) is 13.6 Å². The highest BCUT2D eigenvalue weighted by Crippen LogP contribution is 2.45. The molecule has 1 aliphatic heterocycles. The van der Waals surface area contributed by atoms with Gasteiger partial charge in [0.2, 0.25) is 0 Å². The van der Waals surface area contributed by atoms with E-state index in [0.29, 0.717) is 17.0 Å². The summed E-state index contributed by atoms with van der Waals surface area (Å²) in [6.07, 6.45) is 2.08. The minimum atomic E-state index is -0.289. The third-order valence-corrected chi connectivity index (χ3v) is 6.21. The molecule has 0 N–H and O–H groups in total. The quantitative estimate of drug-likeness (QED) is 0.698. The lowest BCUT2D eigenvalue weighted by molar-refractivity contribution is 0.222. The summed E-state index contributed by atoms with van der Waals surface area (Å²) in [7, 11) is 2.15. The third-order valence-electron chi connectivity index (χ3n) is 6.21. The van der Waals surface area contributed by atoms with Gasteiger partial charge in [-0.15, -0.1) is 0 Å². The molecule has 1 atom stereocenters. The van der Waals surface area contributed by atoms with Crippen molar-refractivity contribution in [3.63, 3.8) is 0 Å². The highest BCUT2D eigenvalue weighted by Gasteiger charge is 2.42. The van der Waals surface area contributed by atoms with Crippen LogP contribution in [0.4, 0.5) is 0 Å². The molecule has 1 fully saturated rings. The van der Waals surface area contributed by atoms with E-state index in [4.69, 9.17) is 0 Å². The standard InChI is InChI=1S/C25H29N3/c1-17(2)19-7-9-22(10-8-19)25(11-6-12-28(25)5)23-13-20(15-26)24(18(3)4)21(14-23)16-27/h7-10,13-14,17-18H,6,11-12H2,1-5H3. The summed E-state index contributed by atoms with van der Waals surface area (Å²) in [4.78, 5) is 2.38. The number of nitriles is 2. The molecule has 144 valence electrons.